The van der Waals surface area contributed by atoms with Crippen molar-refractivity contribution in [2.75, 3.05) is 32.8 Å². The molecule has 0 bridgehead atoms. The lowest BCUT2D eigenvalue weighted by molar-refractivity contribution is -0.134. The number of amides is 1. The van der Waals surface area contributed by atoms with Gasteiger partial charge in [0.2, 0.25) is 5.91 Å². The van der Waals surface area contributed by atoms with Crippen LogP contribution in [-0.4, -0.2) is 54.4 Å². The van der Waals surface area contributed by atoms with Crippen LogP contribution < -0.4 is 0 Å². The predicted molar refractivity (Wildman–Crippen MR) is 103 cm³/mol. The van der Waals surface area contributed by atoms with Crippen molar-refractivity contribution in [3.8, 4) is 0 Å². The van der Waals surface area contributed by atoms with Gasteiger partial charge in [0.15, 0.2) is 0 Å². The van der Waals surface area contributed by atoms with Gasteiger partial charge in [-0.05, 0) is 29.8 Å². The third-order valence-electron chi connectivity index (χ3n) is 4.96. The third-order valence-corrected chi connectivity index (χ3v) is 5.21. The van der Waals surface area contributed by atoms with Crippen LogP contribution in [0.2, 0.25) is 5.02 Å². The Kier molecular flexibility index (Phi) is 5.57. The Hall–Kier alpha value is -2.15. The molecule has 142 valence electrons. The monoisotopic (exact) mass is 387 g/mol. The van der Waals surface area contributed by atoms with Crippen LogP contribution in [0, 0.1) is 0 Å². The van der Waals surface area contributed by atoms with E-state index in [0.717, 1.165) is 49.9 Å². The number of carbonyl (C=O) groups excluding carboxylic acids is 1. The molecule has 7 heteroatoms. The van der Waals surface area contributed by atoms with Crippen LogP contribution in [0.5, 0.6) is 0 Å². The maximum absolute atomic E-state index is 12.9. The summed E-state index contributed by atoms with van der Waals surface area (Å²) in [6.45, 7) is 3.91. The highest BCUT2D eigenvalue weighted by atomic mass is 35.5. The summed E-state index contributed by atoms with van der Waals surface area (Å²) >= 11 is 5.99. The van der Waals surface area contributed by atoms with E-state index in [1.807, 2.05) is 36.4 Å². The van der Waals surface area contributed by atoms with E-state index in [-0.39, 0.29) is 11.9 Å². The number of halogens is 1. The van der Waals surface area contributed by atoms with Crippen LogP contribution in [0.4, 0.5) is 0 Å². The number of benzene rings is 1. The highest BCUT2D eigenvalue weighted by molar-refractivity contribution is 6.30. The van der Waals surface area contributed by atoms with E-state index >= 15 is 0 Å². The fraction of sp³-hybridized carbons (Fsp3) is 0.400. The number of ether oxygens (including phenoxy) is 1. The number of morpholine rings is 1. The Labute approximate surface area is 163 Å². The summed E-state index contributed by atoms with van der Waals surface area (Å²) in [7, 11) is 0. The highest BCUT2D eigenvalue weighted by Gasteiger charge is 2.34. The van der Waals surface area contributed by atoms with Crippen LogP contribution in [0.1, 0.15) is 30.2 Å². The van der Waals surface area contributed by atoms with Crippen LogP contribution in [0.15, 0.2) is 52.2 Å². The van der Waals surface area contributed by atoms with Crippen molar-refractivity contribution in [2.24, 2.45) is 5.10 Å². The molecule has 2 aliphatic rings. The fourth-order valence-electron chi connectivity index (χ4n) is 3.45. The Balaban J connectivity index is 1.50. The zero-order valence-electron chi connectivity index (χ0n) is 15.0. The summed E-state index contributed by atoms with van der Waals surface area (Å²) in [5.41, 5.74) is 1.84. The van der Waals surface area contributed by atoms with Crippen molar-refractivity contribution in [1.82, 2.24) is 9.91 Å². The van der Waals surface area contributed by atoms with Crippen molar-refractivity contribution in [1.29, 1.82) is 0 Å². The second-order valence-electron chi connectivity index (χ2n) is 6.73. The lowest BCUT2D eigenvalue weighted by Crippen LogP contribution is -2.39. The third kappa shape index (κ3) is 4.24. The van der Waals surface area contributed by atoms with E-state index in [4.69, 9.17) is 20.8 Å². The van der Waals surface area contributed by atoms with Gasteiger partial charge in [-0.15, -0.1) is 0 Å². The average molecular weight is 388 g/mol. The Morgan fingerprint density at radius 2 is 1.96 bits per heavy atom. The molecule has 0 unspecified atom stereocenters. The second kappa shape index (κ2) is 8.25. The normalized spacial score (nSPS) is 20.7. The second-order valence-corrected chi connectivity index (χ2v) is 7.17. The van der Waals surface area contributed by atoms with Crippen LogP contribution >= 0.6 is 11.6 Å². The van der Waals surface area contributed by atoms with Crippen molar-refractivity contribution in [2.45, 2.75) is 18.9 Å². The number of furan rings is 1. The lowest BCUT2D eigenvalue weighted by Gasteiger charge is -2.27. The molecule has 1 saturated heterocycles. The minimum Gasteiger partial charge on any atom is -0.467 e. The van der Waals surface area contributed by atoms with E-state index < -0.39 is 0 Å². The van der Waals surface area contributed by atoms with Gasteiger partial charge in [-0.1, -0.05) is 23.7 Å². The molecule has 0 saturated carbocycles. The number of nitrogens with zero attached hydrogens (tertiary/aromatic N) is 3. The van der Waals surface area contributed by atoms with E-state index in [2.05, 4.69) is 10.0 Å². The minimum atomic E-state index is -0.206. The number of hydrazone groups is 1. The highest BCUT2D eigenvalue weighted by Crippen LogP contribution is 2.33. The van der Waals surface area contributed by atoms with E-state index in [1.54, 1.807) is 11.3 Å². The molecule has 1 fully saturated rings. The summed E-state index contributed by atoms with van der Waals surface area (Å²) in [4.78, 5) is 15.2. The molecule has 6 nitrogen and oxygen atoms in total. The summed E-state index contributed by atoms with van der Waals surface area (Å²) in [5.74, 6) is 0.759. The zero-order chi connectivity index (χ0) is 18.6. The molecular weight excluding hydrogens is 366 g/mol. The van der Waals surface area contributed by atoms with Gasteiger partial charge in [0.1, 0.15) is 11.8 Å². The maximum atomic E-state index is 12.9. The number of hydrogen-bond acceptors (Lipinski definition) is 5. The molecule has 1 amide bonds. The smallest absolute Gasteiger partial charge is 0.244 e. The molecule has 27 heavy (non-hydrogen) atoms. The number of rotatable bonds is 5. The van der Waals surface area contributed by atoms with Gasteiger partial charge in [0, 0.05) is 37.5 Å². The first-order valence-electron chi connectivity index (χ1n) is 9.20. The first-order valence-corrected chi connectivity index (χ1v) is 9.57. The van der Waals surface area contributed by atoms with Crippen LogP contribution in [0.3, 0.4) is 0 Å². The topological polar surface area (TPSA) is 58.3 Å². The standard InChI is InChI=1S/C20H22ClN3O3/c21-16-5-3-15(4-6-16)17-14-18(19-2-1-11-27-19)24(22-17)20(25)7-8-23-9-12-26-13-10-23/h1-6,11,18H,7-10,12-14H2/t18-/m1/s1. The molecule has 0 aliphatic carbocycles. The Morgan fingerprint density at radius 3 is 2.67 bits per heavy atom. The van der Waals surface area contributed by atoms with Gasteiger partial charge in [-0.25, -0.2) is 5.01 Å². The predicted octanol–water partition coefficient (Wildman–Crippen LogP) is 3.33. The maximum Gasteiger partial charge on any atom is 0.244 e. The molecule has 1 aromatic carbocycles. The van der Waals surface area contributed by atoms with Gasteiger partial charge in [-0.3, -0.25) is 9.69 Å². The van der Waals surface area contributed by atoms with E-state index in [1.165, 1.54) is 0 Å². The van der Waals surface area contributed by atoms with Gasteiger partial charge in [0.25, 0.3) is 0 Å². The summed E-state index contributed by atoms with van der Waals surface area (Å²) < 4.78 is 10.9. The lowest BCUT2D eigenvalue weighted by atomic mass is 10.0. The molecule has 2 aliphatic heterocycles. The molecule has 0 N–H and O–H groups in total. The van der Waals surface area contributed by atoms with Crippen molar-refractivity contribution >= 4 is 23.2 Å². The molecule has 2 aromatic rings. The molecular formula is C20H22ClN3O3. The SMILES string of the molecule is O=C(CCN1CCOCC1)N1N=C(c2ccc(Cl)cc2)C[C@@H]1c1ccco1. The van der Waals surface area contributed by atoms with Crippen molar-refractivity contribution < 1.29 is 13.9 Å². The Morgan fingerprint density at radius 1 is 1.19 bits per heavy atom. The van der Waals surface area contributed by atoms with Gasteiger partial charge < -0.3 is 9.15 Å². The van der Waals surface area contributed by atoms with Gasteiger partial charge in [0.05, 0.1) is 25.2 Å². The molecule has 4 rings (SSSR count). The minimum absolute atomic E-state index is 0.00635. The number of carbonyl (C=O) groups is 1. The molecule has 1 atom stereocenters. The molecule has 0 spiro atoms. The summed E-state index contributed by atoms with van der Waals surface area (Å²) in [5, 5.41) is 6.91. The first-order chi connectivity index (χ1) is 13.2. The molecule has 3 heterocycles. The number of hydrogen-bond donors (Lipinski definition) is 0. The summed E-state index contributed by atoms with van der Waals surface area (Å²) in [6, 6.07) is 11.1. The van der Waals surface area contributed by atoms with Gasteiger partial charge >= 0.3 is 0 Å². The van der Waals surface area contributed by atoms with Crippen LogP contribution in [-0.2, 0) is 9.53 Å². The van der Waals surface area contributed by atoms with E-state index in [9.17, 15) is 4.79 Å². The first kappa shape index (κ1) is 18.2. The van der Waals surface area contributed by atoms with Crippen molar-refractivity contribution in [3.05, 3.63) is 59.0 Å². The Bertz CT molecular complexity index is 798. The van der Waals surface area contributed by atoms with Gasteiger partial charge in [-0.2, -0.15) is 5.10 Å². The zero-order valence-corrected chi connectivity index (χ0v) is 15.8. The largest absolute Gasteiger partial charge is 0.467 e. The molecule has 0 radical (unpaired) electrons. The molecule has 1 aromatic heterocycles. The van der Waals surface area contributed by atoms with E-state index in [0.29, 0.717) is 17.9 Å². The van der Waals surface area contributed by atoms with Crippen LogP contribution in [0.25, 0.3) is 0 Å². The van der Waals surface area contributed by atoms with Crippen molar-refractivity contribution in [3.63, 3.8) is 0 Å². The quantitative estimate of drug-likeness (QED) is 0.789. The average Bonchev–Trinajstić information content (AvgIpc) is 3.37. The fourth-order valence-corrected chi connectivity index (χ4v) is 3.58. The summed E-state index contributed by atoms with van der Waals surface area (Å²) in [6.07, 6.45) is 2.68.